The van der Waals surface area contributed by atoms with Gasteiger partial charge < -0.3 is 4.57 Å². The molecule has 176 valence electrons. The second-order valence-corrected chi connectivity index (χ2v) is 11.8. The molecule has 0 amide bonds. The molecular weight excluding hydrogens is 463 g/mol. The number of rotatable bonds is 7. The Kier molecular flexibility index (Phi) is 6.26. The smallest absolute Gasteiger partial charge is 0.261 e. The van der Waals surface area contributed by atoms with Crippen molar-refractivity contribution in [1.29, 1.82) is 0 Å². The van der Waals surface area contributed by atoms with Gasteiger partial charge in [-0.2, -0.15) is 0 Å². The van der Waals surface area contributed by atoms with Crippen LogP contribution in [0.3, 0.4) is 0 Å². The van der Waals surface area contributed by atoms with Gasteiger partial charge in [0.2, 0.25) is 0 Å². The molecule has 0 aliphatic heterocycles. The highest BCUT2D eigenvalue weighted by atomic mass is 35.5. The van der Waals surface area contributed by atoms with E-state index in [4.69, 9.17) is 11.6 Å². The summed E-state index contributed by atoms with van der Waals surface area (Å²) >= 11 is 6.04. The monoisotopic (exact) mass is 490 g/mol. The van der Waals surface area contributed by atoms with Crippen LogP contribution in [-0.2, 0) is 28.9 Å². The molecule has 9 heteroatoms. The lowest BCUT2D eigenvalue weighted by Gasteiger charge is -2.19. The minimum Gasteiger partial charge on any atom is -0.314 e. The van der Waals surface area contributed by atoms with Gasteiger partial charge in [0.1, 0.15) is 11.6 Å². The summed E-state index contributed by atoms with van der Waals surface area (Å²) in [5.74, 6) is 1.24. The fourth-order valence-electron chi connectivity index (χ4n) is 3.71. The number of hydrogen-bond donors (Lipinski definition) is 1. The van der Waals surface area contributed by atoms with Crippen LogP contribution in [0.4, 0.5) is 10.1 Å². The number of sulfonamides is 1. The van der Waals surface area contributed by atoms with E-state index in [1.165, 1.54) is 18.9 Å². The van der Waals surface area contributed by atoms with Gasteiger partial charge >= 0.3 is 0 Å². The predicted octanol–water partition coefficient (Wildman–Crippen LogP) is 5.72. The zero-order valence-electron chi connectivity index (χ0n) is 19.2. The van der Waals surface area contributed by atoms with E-state index in [1.54, 1.807) is 24.3 Å². The fourth-order valence-corrected chi connectivity index (χ4v) is 4.94. The Hall–Kier alpha value is -2.45. The number of benzene rings is 2. The molecule has 0 bridgehead atoms. The van der Waals surface area contributed by atoms with Gasteiger partial charge in [-0.05, 0) is 41.5 Å². The van der Waals surface area contributed by atoms with Crippen LogP contribution in [0.25, 0.3) is 11.4 Å². The van der Waals surface area contributed by atoms with Crippen LogP contribution in [0.1, 0.15) is 51.4 Å². The summed E-state index contributed by atoms with van der Waals surface area (Å²) in [5.41, 5.74) is 1.33. The van der Waals surface area contributed by atoms with Gasteiger partial charge in [-0.1, -0.05) is 57.3 Å². The molecule has 3 aromatic rings. The third kappa shape index (κ3) is 5.22. The molecule has 2 aromatic carbocycles. The number of nitrogens with zero attached hydrogens (tertiary/aromatic N) is 3. The van der Waals surface area contributed by atoms with E-state index in [0.717, 1.165) is 36.2 Å². The summed E-state index contributed by atoms with van der Waals surface area (Å²) in [4.78, 5) is 0.0832. The van der Waals surface area contributed by atoms with Crippen LogP contribution < -0.4 is 4.72 Å². The minimum atomic E-state index is -3.97. The first-order chi connectivity index (χ1) is 15.5. The van der Waals surface area contributed by atoms with E-state index in [-0.39, 0.29) is 21.0 Å². The summed E-state index contributed by atoms with van der Waals surface area (Å²) in [7, 11) is -2.15. The quantitative estimate of drug-likeness (QED) is 0.459. The van der Waals surface area contributed by atoms with Crippen molar-refractivity contribution < 1.29 is 12.8 Å². The zero-order chi connectivity index (χ0) is 24.0. The van der Waals surface area contributed by atoms with Crippen LogP contribution in [0.15, 0.2) is 41.3 Å². The molecule has 4 rings (SSSR count). The average Bonchev–Trinajstić information content (AvgIpc) is 3.50. The van der Waals surface area contributed by atoms with E-state index in [9.17, 15) is 12.8 Å². The summed E-state index contributed by atoms with van der Waals surface area (Å²) in [6, 6.07) is 9.13. The molecule has 1 heterocycles. The lowest BCUT2D eigenvalue weighted by Crippen LogP contribution is -2.16. The molecule has 0 saturated heterocycles. The first-order valence-corrected chi connectivity index (χ1v) is 12.8. The number of hydrogen-bond acceptors (Lipinski definition) is 4. The maximum Gasteiger partial charge on any atom is 0.261 e. The van der Waals surface area contributed by atoms with Crippen LogP contribution in [-0.4, -0.2) is 23.2 Å². The van der Waals surface area contributed by atoms with Gasteiger partial charge in [0.05, 0.1) is 15.6 Å². The molecule has 0 radical (unpaired) electrons. The molecular formula is C24H28ClFN4O2S. The maximum atomic E-state index is 14.3. The topological polar surface area (TPSA) is 76.9 Å². The Morgan fingerprint density at radius 3 is 2.42 bits per heavy atom. The second-order valence-electron chi connectivity index (χ2n) is 9.67. The molecule has 1 fully saturated rings. The van der Waals surface area contributed by atoms with E-state index in [0.29, 0.717) is 11.4 Å². The second kappa shape index (κ2) is 8.72. The Bertz CT molecular complexity index is 1280. The largest absolute Gasteiger partial charge is 0.314 e. The maximum absolute atomic E-state index is 14.3. The zero-order valence-corrected chi connectivity index (χ0v) is 20.8. The molecule has 6 nitrogen and oxygen atoms in total. The fraction of sp³-hybridized carbons (Fsp3) is 0.417. The van der Waals surface area contributed by atoms with E-state index in [2.05, 4.69) is 35.7 Å². The summed E-state index contributed by atoms with van der Waals surface area (Å²) in [5, 5.41) is 8.41. The van der Waals surface area contributed by atoms with Crippen molar-refractivity contribution in [3.63, 3.8) is 0 Å². The Morgan fingerprint density at radius 2 is 1.82 bits per heavy atom. The first-order valence-electron chi connectivity index (χ1n) is 11.0. The highest BCUT2D eigenvalue weighted by molar-refractivity contribution is 7.92. The first kappa shape index (κ1) is 23.7. The van der Waals surface area contributed by atoms with E-state index < -0.39 is 15.8 Å². The van der Waals surface area contributed by atoms with Crippen molar-refractivity contribution in [2.24, 2.45) is 13.0 Å². The Labute approximate surface area is 199 Å². The molecule has 1 aromatic heterocycles. The molecule has 1 N–H and O–H groups in total. The normalized spacial score (nSPS) is 14.5. The number of nitrogens with one attached hydrogen (secondary N) is 1. The highest BCUT2D eigenvalue weighted by Gasteiger charge is 2.24. The van der Waals surface area contributed by atoms with Gasteiger partial charge in [-0.25, -0.2) is 12.8 Å². The van der Waals surface area contributed by atoms with Gasteiger partial charge in [0.25, 0.3) is 10.0 Å². The van der Waals surface area contributed by atoms with Crippen molar-refractivity contribution in [2.45, 2.75) is 56.8 Å². The number of anilines is 1. The molecule has 33 heavy (non-hydrogen) atoms. The molecule has 1 aliphatic rings. The van der Waals surface area contributed by atoms with Crippen molar-refractivity contribution >= 4 is 27.3 Å². The van der Waals surface area contributed by atoms with Gasteiger partial charge in [-0.3, -0.25) is 4.72 Å². The molecule has 0 spiro atoms. The number of aryl methyl sites for hydroxylation is 1. The van der Waals surface area contributed by atoms with Gasteiger partial charge in [0, 0.05) is 25.1 Å². The van der Waals surface area contributed by atoms with Gasteiger partial charge in [-0.15, -0.1) is 10.2 Å². The molecule has 0 unspecified atom stereocenters. The molecule has 1 aliphatic carbocycles. The van der Waals surface area contributed by atoms with Crippen molar-refractivity contribution in [1.82, 2.24) is 14.8 Å². The SMILES string of the molecule is Cn1c(CCC2CC2)nnc1-c1cc(Cl)c(F)cc1NS(=O)(=O)c1ccc(C(C)(C)C)cc1. The minimum absolute atomic E-state index is 0.0565. The Balaban J connectivity index is 1.68. The lowest BCUT2D eigenvalue weighted by molar-refractivity contribution is 0.587. The van der Waals surface area contributed by atoms with Crippen molar-refractivity contribution in [3.05, 3.63) is 58.6 Å². The van der Waals surface area contributed by atoms with E-state index in [1.807, 2.05) is 11.6 Å². The third-order valence-corrected chi connectivity index (χ3v) is 7.69. The van der Waals surface area contributed by atoms with Crippen molar-refractivity contribution in [2.75, 3.05) is 4.72 Å². The predicted molar refractivity (Wildman–Crippen MR) is 128 cm³/mol. The Morgan fingerprint density at radius 1 is 1.15 bits per heavy atom. The summed E-state index contributed by atoms with van der Waals surface area (Å²) in [6.07, 6.45) is 4.33. The highest BCUT2D eigenvalue weighted by Crippen LogP contribution is 2.35. The van der Waals surface area contributed by atoms with Crippen LogP contribution in [0.2, 0.25) is 5.02 Å². The van der Waals surface area contributed by atoms with Crippen LogP contribution in [0, 0.1) is 11.7 Å². The summed E-state index contributed by atoms with van der Waals surface area (Å²) < 4.78 is 44.9. The molecule has 0 atom stereocenters. The number of halogens is 2. The van der Waals surface area contributed by atoms with Gasteiger partial charge in [0.15, 0.2) is 5.82 Å². The average molecular weight is 491 g/mol. The summed E-state index contributed by atoms with van der Waals surface area (Å²) in [6.45, 7) is 6.16. The number of aromatic nitrogens is 3. The van der Waals surface area contributed by atoms with E-state index >= 15 is 0 Å². The van der Waals surface area contributed by atoms with Crippen LogP contribution >= 0.6 is 11.6 Å². The van der Waals surface area contributed by atoms with Crippen molar-refractivity contribution in [3.8, 4) is 11.4 Å². The lowest BCUT2D eigenvalue weighted by atomic mass is 9.87. The molecule has 1 saturated carbocycles. The standard InChI is InChI=1S/C24H28ClFN4O2S/c1-24(2,3)16-8-10-17(11-9-16)33(31,32)29-21-14-20(26)19(25)13-18(21)23-28-27-22(30(23)4)12-7-15-5-6-15/h8-11,13-15,29H,5-7,12H2,1-4H3. The van der Waals surface area contributed by atoms with Crippen LogP contribution in [0.5, 0.6) is 0 Å². The third-order valence-electron chi connectivity index (χ3n) is 6.01.